The zero-order chi connectivity index (χ0) is 29.1. The maximum Gasteiger partial charge on any atom is 0.306 e. The molecule has 2 aliphatic rings. The van der Waals surface area contributed by atoms with Gasteiger partial charge in [0.05, 0.1) is 32.4 Å². The summed E-state index contributed by atoms with van der Waals surface area (Å²) in [6, 6.07) is 18.0. The number of aryl methyl sites for hydroxylation is 2. The van der Waals surface area contributed by atoms with Gasteiger partial charge in [-0.3, -0.25) is 4.79 Å². The van der Waals surface area contributed by atoms with Gasteiger partial charge < -0.3 is 18.9 Å². The van der Waals surface area contributed by atoms with Crippen molar-refractivity contribution in [1.29, 1.82) is 0 Å². The van der Waals surface area contributed by atoms with Crippen LogP contribution in [0.2, 0.25) is 0 Å². The predicted octanol–water partition coefficient (Wildman–Crippen LogP) is 5.39. The standard InChI is InChI=1S/C32H37NO7S/c1-21-13-28(39-20-26-9-6-12-33(26)41(4,35)36)14-22(2)32(21)24-8-5-7-23(15-24)18-38-27-10-11-29-25(16-31(34)37-3)19-40-30(29)17-27/h5,7-8,10-11,13-15,17,25-26H,6,9,12,16,18-20H2,1-4H3/t25?,26-/m0/s1. The largest absolute Gasteiger partial charge is 0.492 e. The first-order valence-corrected chi connectivity index (χ1v) is 15.7. The first-order chi connectivity index (χ1) is 19.6. The average Bonchev–Trinajstić information content (AvgIpc) is 3.58. The lowest BCUT2D eigenvalue weighted by molar-refractivity contribution is -0.141. The fraction of sp³-hybridized carbons (Fsp3) is 0.406. The molecule has 3 aromatic rings. The fourth-order valence-corrected chi connectivity index (χ4v) is 7.02. The van der Waals surface area contributed by atoms with Crippen molar-refractivity contribution < 1.29 is 32.2 Å². The van der Waals surface area contributed by atoms with E-state index in [1.807, 2.05) is 42.5 Å². The lowest BCUT2D eigenvalue weighted by Gasteiger charge is -2.23. The molecule has 0 saturated carbocycles. The van der Waals surface area contributed by atoms with Gasteiger partial charge in [-0.2, -0.15) is 4.31 Å². The molecular weight excluding hydrogens is 542 g/mol. The third kappa shape index (κ3) is 6.68. The van der Waals surface area contributed by atoms with Crippen LogP contribution in [-0.4, -0.2) is 57.9 Å². The number of benzene rings is 3. The lowest BCUT2D eigenvalue weighted by atomic mass is 9.94. The molecule has 3 aromatic carbocycles. The quantitative estimate of drug-likeness (QED) is 0.298. The molecule has 2 aliphatic heterocycles. The Morgan fingerprint density at radius 2 is 1.80 bits per heavy atom. The summed E-state index contributed by atoms with van der Waals surface area (Å²) in [5.41, 5.74) is 6.44. The Labute approximate surface area is 242 Å². The third-order valence-corrected chi connectivity index (χ3v) is 9.16. The number of hydrogen-bond acceptors (Lipinski definition) is 7. The number of carbonyl (C=O) groups excluding carboxylic acids is 1. The minimum absolute atomic E-state index is 0.00339. The Kier molecular flexibility index (Phi) is 8.56. The van der Waals surface area contributed by atoms with Gasteiger partial charge in [0, 0.05) is 24.1 Å². The van der Waals surface area contributed by atoms with Crippen LogP contribution in [0, 0.1) is 13.8 Å². The van der Waals surface area contributed by atoms with Gasteiger partial charge in [-0.25, -0.2) is 8.42 Å². The van der Waals surface area contributed by atoms with Crippen molar-refractivity contribution in [2.24, 2.45) is 0 Å². The summed E-state index contributed by atoms with van der Waals surface area (Å²) in [6.45, 7) is 5.89. The van der Waals surface area contributed by atoms with Crippen LogP contribution < -0.4 is 14.2 Å². The van der Waals surface area contributed by atoms with Crippen molar-refractivity contribution in [1.82, 2.24) is 4.31 Å². The summed E-state index contributed by atoms with van der Waals surface area (Å²) in [6.07, 6.45) is 3.23. The monoisotopic (exact) mass is 579 g/mol. The average molecular weight is 580 g/mol. The number of ether oxygens (including phenoxy) is 4. The zero-order valence-corrected chi connectivity index (χ0v) is 24.8. The number of rotatable bonds is 10. The van der Waals surface area contributed by atoms with E-state index in [2.05, 4.69) is 26.0 Å². The molecule has 1 saturated heterocycles. The zero-order valence-electron chi connectivity index (χ0n) is 24.0. The van der Waals surface area contributed by atoms with Crippen LogP contribution in [0.3, 0.4) is 0 Å². The molecule has 2 heterocycles. The van der Waals surface area contributed by atoms with Gasteiger partial charge in [0.2, 0.25) is 10.0 Å². The summed E-state index contributed by atoms with van der Waals surface area (Å²) in [5.74, 6) is 1.95. The Balaban J connectivity index is 1.24. The maximum absolute atomic E-state index is 12.1. The van der Waals surface area contributed by atoms with Crippen LogP contribution in [0.15, 0.2) is 54.6 Å². The number of fused-ring (bicyclic) bond motifs is 1. The number of methoxy groups -OCH3 is 1. The normalized spacial score (nSPS) is 18.5. The molecule has 0 radical (unpaired) electrons. The van der Waals surface area contributed by atoms with Gasteiger partial charge in [-0.1, -0.05) is 24.3 Å². The number of nitrogens with zero attached hydrogens (tertiary/aromatic N) is 1. The van der Waals surface area contributed by atoms with E-state index in [1.165, 1.54) is 13.4 Å². The molecule has 0 spiro atoms. The van der Waals surface area contributed by atoms with E-state index < -0.39 is 10.0 Å². The topological polar surface area (TPSA) is 91.4 Å². The van der Waals surface area contributed by atoms with E-state index in [1.54, 1.807) is 4.31 Å². The summed E-state index contributed by atoms with van der Waals surface area (Å²) >= 11 is 0. The van der Waals surface area contributed by atoms with Crippen LogP contribution in [0.25, 0.3) is 11.1 Å². The van der Waals surface area contributed by atoms with E-state index in [0.29, 0.717) is 38.5 Å². The van der Waals surface area contributed by atoms with Crippen LogP contribution >= 0.6 is 0 Å². The first-order valence-electron chi connectivity index (χ1n) is 13.9. The molecule has 41 heavy (non-hydrogen) atoms. The second-order valence-corrected chi connectivity index (χ2v) is 12.8. The molecule has 0 amide bonds. The molecule has 1 unspecified atom stereocenters. The molecule has 2 atom stereocenters. The van der Waals surface area contributed by atoms with Crippen LogP contribution in [0.1, 0.15) is 47.4 Å². The molecule has 9 heteroatoms. The molecule has 0 bridgehead atoms. The van der Waals surface area contributed by atoms with Gasteiger partial charge in [0.15, 0.2) is 0 Å². The van der Waals surface area contributed by atoms with Crippen molar-refractivity contribution >= 4 is 16.0 Å². The van der Waals surface area contributed by atoms with Crippen LogP contribution in [-0.2, 0) is 26.2 Å². The van der Waals surface area contributed by atoms with Crippen molar-refractivity contribution in [2.45, 2.75) is 51.7 Å². The summed E-state index contributed by atoms with van der Waals surface area (Å²) in [7, 11) is -1.84. The molecule has 8 nitrogen and oxygen atoms in total. The van der Waals surface area contributed by atoms with Gasteiger partial charge >= 0.3 is 5.97 Å². The highest BCUT2D eigenvalue weighted by Crippen LogP contribution is 2.39. The van der Waals surface area contributed by atoms with E-state index in [0.717, 1.165) is 57.7 Å². The second-order valence-electron chi connectivity index (χ2n) is 10.9. The third-order valence-electron chi connectivity index (χ3n) is 7.82. The van der Waals surface area contributed by atoms with Gasteiger partial charge in [0.25, 0.3) is 0 Å². The minimum Gasteiger partial charge on any atom is -0.492 e. The lowest BCUT2D eigenvalue weighted by Crippen LogP contribution is -2.38. The molecule has 0 N–H and O–H groups in total. The van der Waals surface area contributed by atoms with Crippen LogP contribution in [0.5, 0.6) is 17.2 Å². The Morgan fingerprint density at radius 3 is 2.54 bits per heavy atom. The summed E-state index contributed by atoms with van der Waals surface area (Å²) in [5, 5.41) is 0. The Bertz CT molecular complexity index is 1510. The number of esters is 1. The van der Waals surface area contributed by atoms with Crippen molar-refractivity contribution in [3.05, 3.63) is 76.9 Å². The van der Waals surface area contributed by atoms with Gasteiger partial charge in [-0.05, 0) is 78.8 Å². The van der Waals surface area contributed by atoms with E-state index >= 15 is 0 Å². The minimum atomic E-state index is -3.23. The Hall–Kier alpha value is -3.56. The van der Waals surface area contributed by atoms with E-state index in [4.69, 9.17) is 18.9 Å². The van der Waals surface area contributed by atoms with Crippen LogP contribution in [0.4, 0.5) is 0 Å². The number of sulfonamides is 1. The first kappa shape index (κ1) is 29.0. The van der Waals surface area contributed by atoms with Crippen molar-refractivity contribution in [3.63, 3.8) is 0 Å². The number of hydrogen-bond donors (Lipinski definition) is 0. The van der Waals surface area contributed by atoms with Crippen molar-refractivity contribution in [2.75, 3.05) is 33.1 Å². The molecular formula is C32H37NO7S. The SMILES string of the molecule is COC(=O)CC1COc2cc(OCc3cccc(-c4c(C)cc(OC[C@@H]5CCCN5S(C)(=O)=O)cc4C)c3)ccc21. The van der Waals surface area contributed by atoms with Crippen molar-refractivity contribution in [3.8, 4) is 28.4 Å². The highest BCUT2D eigenvalue weighted by Gasteiger charge is 2.32. The maximum atomic E-state index is 12.1. The number of carbonyl (C=O) groups is 1. The molecule has 0 aliphatic carbocycles. The predicted molar refractivity (Wildman–Crippen MR) is 157 cm³/mol. The molecule has 218 valence electrons. The highest BCUT2D eigenvalue weighted by molar-refractivity contribution is 7.88. The summed E-state index contributed by atoms with van der Waals surface area (Å²) < 4.78 is 48.4. The fourth-order valence-electron chi connectivity index (χ4n) is 5.85. The summed E-state index contributed by atoms with van der Waals surface area (Å²) in [4.78, 5) is 11.7. The highest BCUT2D eigenvalue weighted by atomic mass is 32.2. The Morgan fingerprint density at radius 1 is 1.02 bits per heavy atom. The smallest absolute Gasteiger partial charge is 0.306 e. The molecule has 5 rings (SSSR count). The second kappa shape index (κ2) is 12.1. The molecule has 0 aromatic heterocycles. The van der Waals surface area contributed by atoms with Gasteiger partial charge in [-0.15, -0.1) is 0 Å². The molecule has 1 fully saturated rings. The van der Waals surface area contributed by atoms with E-state index in [9.17, 15) is 13.2 Å². The van der Waals surface area contributed by atoms with Gasteiger partial charge in [0.1, 0.15) is 30.5 Å². The van der Waals surface area contributed by atoms with E-state index in [-0.39, 0.29) is 17.9 Å².